The Hall–Kier alpha value is -1.46. The van der Waals surface area contributed by atoms with Crippen LogP contribution in [0.3, 0.4) is 0 Å². The second kappa shape index (κ2) is 5.46. The van der Waals surface area contributed by atoms with Gasteiger partial charge in [-0.05, 0) is 37.3 Å². The van der Waals surface area contributed by atoms with E-state index in [0.717, 1.165) is 16.7 Å². The summed E-state index contributed by atoms with van der Waals surface area (Å²) in [6.07, 6.45) is 1.67. The Balaban J connectivity index is 2.15. The normalized spacial score (nSPS) is 12.4. The number of halogens is 2. The van der Waals surface area contributed by atoms with Crippen LogP contribution >= 0.6 is 11.8 Å². The monoisotopic (exact) mass is 266 g/mol. The Labute approximate surface area is 108 Å². The quantitative estimate of drug-likeness (QED) is 0.923. The molecule has 0 aliphatic rings. The van der Waals surface area contributed by atoms with Crippen LogP contribution in [-0.2, 0) is 0 Å². The van der Waals surface area contributed by atoms with Crippen LogP contribution in [0.15, 0.2) is 46.3 Å². The molecule has 2 aromatic rings. The standard InChI is InChI=1S/C13H12F2N2S/c1-8(16)13-5-3-10(7-17-13)18-9-2-4-11(14)12(15)6-9/h2-8H,16H2,1H3. The molecule has 2 N–H and O–H groups in total. The van der Waals surface area contributed by atoms with Crippen molar-refractivity contribution in [1.82, 2.24) is 4.98 Å². The molecule has 0 spiro atoms. The molecule has 1 heterocycles. The Bertz CT molecular complexity index is 541. The van der Waals surface area contributed by atoms with Gasteiger partial charge in [0, 0.05) is 22.0 Å². The summed E-state index contributed by atoms with van der Waals surface area (Å²) >= 11 is 1.32. The minimum atomic E-state index is -0.847. The molecule has 1 aromatic heterocycles. The second-order valence-electron chi connectivity index (χ2n) is 3.89. The fourth-order valence-electron chi connectivity index (χ4n) is 1.40. The first-order valence-electron chi connectivity index (χ1n) is 5.40. The maximum Gasteiger partial charge on any atom is 0.159 e. The lowest BCUT2D eigenvalue weighted by atomic mass is 10.2. The van der Waals surface area contributed by atoms with E-state index in [9.17, 15) is 8.78 Å². The zero-order valence-electron chi connectivity index (χ0n) is 9.73. The first-order chi connectivity index (χ1) is 8.56. The number of nitrogens with two attached hydrogens (primary N) is 1. The molecule has 1 unspecified atom stereocenters. The van der Waals surface area contributed by atoms with Crippen molar-refractivity contribution in [2.75, 3.05) is 0 Å². The van der Waals surface area contributed by atoms with Crippen molar-refractivity contribution in [3.63, 3.8) is 0 Å². The van der Waals surface area contributed by atoms with Crippen molar-refractivity contribution >= 4 is 11.8 Å². The molecule has 0 aliphatic carbocycles. The van der Waals surface area contributed by atoms with Crippen LogP contribution in [-0.4, -0.2) is 4.98 Å². The Kier molecular flexibility index (Phi) is 3.93. The first kappa shape index (κ1) is 13.0. The molecule has 0 radical (unpaired) electrons. The number of hydrogen-bond acceptors (Lipinski definition) is 3. The van der Waals surface area contributed by atoms with Gasteiger partial charge in [-0.3, -0.25) is 4.98 Å². The SMILES string of the molecule is CC(N)c1ccc(Sc2ccc(F)c(F)c2)cn1. The lowest BCUT2D eigenvalue weighted by Gasteiger charge is -2.06. The molecule has 0 saturated heterocycles. The predicted octanol–water partition coefficient (Wildman–Crippen LogP) is 3.53. The number of rotatable bonds is 3. The fraction of sp³-hybridized carbons (Fsp3) is 0.154. The smallest absolute Gasteiger partial charge is 0.159 e. The summed E-state index contributed by atoms with van der Waals surface area (Å²) in [4.78, 5) is 5.68. The van der Waals surface area contributed by atoms with Crippen LogP contribution in [0.2, 0.25) is 0 Å². The average molecular weight is 266 g/mol. The summed E-state index contributed by atoms with van der Waals surface area (Å²) in [6, 6.07) is 7.38. The van der Waals surface area contributed by atoms with E-state index < -0.39 is 11.6 Å². The lowest BCUT2D eigenvalue weighted by molar-refractivity contribution is 0.506. The third-order valence-electron chi connectivity index (χ3n) is 2.35. The van der Waals surface area contributed by atoms with Gasteiger partial charge in [0.05, 0.1) is 5.69 Å². The van der Waals surface area contributed by atoms with E-state index in [1.165, 1.54) is 23.9 Å². The van der Waals surface area contributed by atoms with Crippen molar-refractivity contribution in [2.45, 2.75) is 22.8 Å². The Morgan fingerprint density at radius 1 is 1.11 bits per heavy atom. The zero-order valence-corrected chi connectivity index (χ0v) is 10.5. The molecule has 5 heteroatoms. The van der Waals surface area contributed by atoms with Gasteiger partial charge in [-0.1, -0.05) is 11.8 Å². The van der Waals surface area contributed by atoms with E-state index in [4.69, 9.17) is 5.73 Å². The number of benzene rings is 1. The summed E-state index contributed by atoms with van der Waals surface area (Å²) in [5.41, 5.74) is 6.49. The Morgan fingerprint density at radius 2 is 1.83 bits per heavy atom. The van der Waals surface area contributed by atoms with Gasteiger partial charge in [0.15, 0.2) is 11.6 Å². The second-order valence-corrected chi connectivity index (χ2v) is 5.03. The topological polar surface area (TPSA) is 38.9 Å². The van der Waals surface area contributed by atoms with Gasteiger partial charge in [-0.2, -0.15) is 0 Å². The van der Waals surface area contributed by atoms with Crippen LogP contribution in [0, 0.1) is 11.6 Å². The van der Waals surface area contributed by atoms with Gasteiger partial charge in [0.2, 0.25) is 0 Å². The maximum atomic E-state index is 13.0. The average Bonchev–Trinajstić information content (AvgIpc) is 2.34. The zero-order chi connectivity index (χ0) is 13.1. The number of hydrogen-bond donors (Lipinski definition) is 1. The number of nitrogens with zero attached hydrogens (tertiary/aromatic N) is 1. The molecule has 1 aromatic carbocycles. The highest BCUT2D eigenvalue weighted by Crippen LogP contribution is 2.28. The number of aromatic nitrogens is 1. The predicted molar refractivity (Wildman–Crippen MR) is 67.3 cm³/mol. The van der Waals surface area contributed by atoms with Gasteiger partial charge < -0.3 is 5.73 Å². The molecule has 1 atom stereocenters. The molecule has 0 bridgehead atoms. The van der Waals surface area contributed by atoms with Gasteiger partial charge in [0.25, 0.3) is 0 Å². The molecule has 2 rings (SSSR count). The highest BCUT2D eigenvalue weighted by Gasteiger charge is 2.05. The van der Waals surface area contributed by atoms with Crippen LogP contribution < -0.4 is 5.73 Å². The van der Waals surface area contributed by atoms with E-state index in [2.05, 4.69) is 4.98 Å². The number of pyridine rings is 1. The summed E-state index contributed by atoms with van der Waals surface area (Å²) in [5.74, 6) is -1.69. The minimum absolute atomic E-state index is 0.118. The van der Waals surface area contributed by atoms with Crippen LogP contribution in [0.1, 0.15) is 18.7 Å². The minimum Gasteiger partial charge on any atom is -0.323 e. The molecule has 0 saturated carbocycles. The molecular formula is C13H12F2N2S. The van der Waals surface area contributed by atoms with Gasteiger partial charge in [-0.25, -0.2) is 8.78 Å². The van der Waals surface area contributed by atoms with Crippen LogP contribution in [0.25, 0.3) is 0 Å². The van der Waals surface area contributed by atoms with E-state index in [-0.39, 0.29) is 6.04 Å². The summed E-state index contributed by atoms with van der Waals surface area (Å²) in [5, 5.41) is 0. The summed E-state index contributed by atoms with van der Waals surface area (Å²) in [6.45, 7) is 1.85. The fourth-order valence-corrected chi connectivity index (χ4v) is 2.21. The third kappa shape index (κ3) is 3.05. The highest BCUT2D eigenvalue weighted by atomic mass is 32.2. The molecule has 0 aliphatic heterocycles. The summed E-state index contributed by atoms with van der Waals surface area (Å²) in [7, 11) is 0. The van der Waals surface area contributed by atoms with E-state index >= 15 is 0 Å². The highest BCUT2D eigenvalue weighted by molar-refractivity contribution is 7.99. The molecule has 2 nitrogen and oxygen atoms in total. The largest absolute Gasteiger partial charge is 0.323 e. The van der Waals surface area contributed by atoms with Crippen molar-refractivity contribution in [2.24, 2.45) is 5.73 Å². The maximum absolute atomic E-state index is 13.0. The van der Waals surface area contributed by atoms with Crippen LogP contribution in [0.5, 0.6) is 0 Å². The van der Waals surface area contributed by atoms with Gasteiger partial charge in [-0.15, -0.1) is 0 Å². The molecular weight excluding hydrogens is 254 g/mol. The molecule has 94 valence electrons. The van der Waals surface area contributed by atoms with E-state index in [1.54, 1.807) is 6.20 Å². The van der Waals surface area contributed by atoms with Gasteiger partial charge >= 0.3 is 0 Å². The molecule has 18 heavy (non-hydrogen) atoms. The van der Waals surface area contributed by atoms with Gasteiger partial charge in [0.1, 0.15) is 0 Å². The Morgan fingerprint density at radius 3 is 2.39 bits per heavy atom. The van der Waals surface area contributed by atoms with Crippen molar-refractivity contribution in [1.29, 1.82) is 0 Å². The van der Waals surface area contributed by atoms with Crippen LogP contribution in [0.4, 0.5) is 8.78 Å². The van der Waals surface area contributed by atoms with Crippen molar-refractivity contribution in [3.05, 3.63) is 53.9 Å². The van der Waals surface area contributed by atoms with Crippen molar-refractivity contribution < 1.29 is 8.78 Å². The van der Waals surface area contributed by atoms with Crippen molar-refractivity contribution in [3.8, 4) is 0 Å². The first-order valence-corrected chi connectivity index (χ1v) is 6.22. The summed E-state index contributed by atoms with van der Waals surface area (Å²) < 4.78 is 25.8. The lowest BCUT2D eigenvalue weighted by Crippen LogP contribution is -2.06. The molecule has 0 fully saturated rings. The third-order valence-corrected chi connectivity index (χ3v) is 3.32. The molecule has 0 amide bonds. The van der Waals surface area contributed by atoms with E-state index in [1.807, 2.05) is 19.1 Å². The van der Waals surface area contributed by atoms with E-state index in [0.29, 0.717) is 4.90 Å².